The van der Waals surface area contributed by atoms with E-state index in [-0.39, 0.29) is 17.9 Å². The Hall–Kier alpha value is -3.34. The first kappa shape index (κ1) is 18.0. The number of amides is 2. The highest BCUT2D eigenvalue weighted by molar-refractivity contribution is 5.95. The summed E-state index contributed by atoms with van der Waals surface area (Å²) in [5.74, 6) is -0.121. The average Bonchev–Trinajstić information content (AvgIpc) is 3.18. The summed E-state index contributed by atoms with van der Waals surface area (Å²) in [5, 5.41) is 3.01. The molecule has 2 aromatic carbocycles. The normalized spacial score (nSPS) is 16.0. The molecule has 0 spiro atoms. The highest BCUT2D eigenvalue weighted by Crippen LogP contribution is 2.21. The third-order valence-electron chi connectivity index (χ3n) is 5.13. The molecule has 3 aromatic rings. The van der Waals surface area contributed by atoms with Gasteiger partial charge in [-0.1, -0.05) is 48.0 Å². The van der Waals surface area contributed by atoms with Crippen molar-refractivity contribution in [2.45, 2.75) is 26.1 Å². The first-order valence-corrected chi connectivity index (χ1v) is 9.47. The molecule has 0 radical (unpaired) electrons. The third kappa shape index (κ3) is 3.69. The van der Waals surface area contributed by atoms with Gasteiger partial charge < -0.3 is 14.8 Å². The Labute approximate surface area is 164 Å². The summed E-state index contributed by atoms with van der Waals surface area (Å²) in [6.07, 6.45) is 1.92. The van der Waals surface area contributed by atoms with Gasteiger partial charge in [0.2, 0.25) is 0 Å². The second kappa shape index (κ2) is 7.72. The van der Waals surface area contributed by atoms with Crippen LogP contribution in [0, 0.1) is 6.92 Å². The maximum Gasteiger partial charge on any atom is 0.271 e. The molecule has 28 heavy (non-hydrogen) atoms. The van der Waals surface area contributed by atoms with Crippen LogP contribution in [0.15, 0.2) is 72.9 Å². The molecule has 1 atom stereocenters. The van der Waals surface area contributed by atoms with Gasteiger partial charge in [-0.15, -0.1) is 0 Å². The molecule has 1 aromatic heterocycles. The Morgan fingerprint density at radius 2 is 1.89 bits per heavy atom. The SMILES string of the molecule is Cc1cccc(C(=O)NCC2Cn3cccc3C(=O)N2Cc2ccccc2)c1. The zero-order chi connectivity index (χ0) is 19.5. The van der Waals surface area contributed by atoms with Crippen LogP contribution in [0.25, 0.3) is 0 Å². The second-order valence-corrected chi connectivity index (χ2v) is 7.20. The van der Waals surface area contributed by atoms with Gasteiger partial charge in [0.1, 0.15) is 5.69 Å². The summed E-state index contributed by atoms with van der Waals surface area (Å²) in [7, 11) is 0. The Bertz CT molecular complexity index is 994. The van der Waals surface area contributed by atoms with Gasteiger partial charge in [-0.3, -0.25) is 9.59 Å². The highest BCUT2D eigenvalue weighted by atomic mass is 16.2. The first-order chi connectivity index (χ1) is 13.6. The maximum atomic E-state index is 13.0. The minimum absolute atomic E-state index is 0.00472. The van der Waals surface area contributed by atoms with Crippen molar-refractivity contribution < 1.29 is 9.59 Å². The standard InChI is InChI=1S/C23H23N3O2/c1-17-7-5-10-19(13-17)22(27)24-14-20-16-25-12-6-11-21(25)23(28)26(20)15-18-8-3-2-4-9-18/h2-13,20H,14-16H2,1H3,(H,24,27). The Morgan fingerprint density at radius 3 is 2.68 bits per heavy atom. The molecule has 1 N–H and O–H groups in total. The van der Waals surface area contributed by atoms with Crippen LogP contribution in [0.5, 0.6) is 0 Å². The first-order valence-electron chi connectivity index (χ1n) is 9.47. The van der Waals surface area contributed by atoms with Crippen LogP contribution in [0.4, 0.5) is 0 Å². The topological polar surface area (TPSA) is 54.3 Å². The molecule has 5 nitrogen and oxygen atoms in total. The van der Waals surface area contributed by atoms with E-state index in [1.807, 2.05) is 83.3 Å². The number of aromatic nitrogens is 1. The molecule has 4 rings (SSSR count). The summed E-state index contributed by atoms with van der Waals surface area (Å²) >= 11 is 0. The summed E-state index contributed by atoms with van der Waals surface area (Å²) < 4.78 is 1.97. The molecule has 1 aliphatic rings. The minimum atomic E-state index is -0.117. The van der Waals surface area contributed by atoms with Gasteiger partial charge in [0, 0.05) is 31.4 Å². The van der Waals surface area contributed by atoms with Crippen molar-refractivity contribution in [2.24, 2.45) is 0 Å². The largest absolute Gasteiger partial charge is 0.350 e. The fourth-order valence-electron chi connectivity index (χ4n) is 3.66. The van der Waals surface area contributed by atoms with Crippen molar-refractivity contribution >= 4 is 11.8 Å². The van der Waals surface area contributed by atoms with Crippen LogP contribution in [-0.4, -0.2) is 33.9 Å². The monoisotopic (exact) mass is 373 g/mol. The molecule has 0 bridgehead atoms. The number of carbonyl (C=O) groups excluding carboxylic acids is 2. The van der Waals surface area contributed by atoms with Crippen molar-refractivity contribution in [2.75, 3.05) is 6.54 Å². The summed E-state index contributed by atoms with van der Waals surface area (Å²) in [6.45, 7) is 3.56. The van der Waals surface area contributed by atoms with Crippen molar-refractivity contribution in [3.8, 4) is 0 Å². The van der Waals surface area contributed by atoms with E-state index >= 15 is 0 Å². The lowest BCUT2D eigenvalue weighted by molar-refractivity contribution is 0.0563. The van der Waals surface area contributed by atoms with Crippen LogP contribution in [0.1, 0.15) is 32.0 Å². The highest BCUT2D eigenvalue weighted by Gasteiger charge is 2.32. The average molecular weight is 373 g/mol. The van der Waals surface area contributed by atoms with Crippen molar-refractivity contribution in [1.29, 1.82) is 0 Å². The van der Waals surface area contributed by atoms with Crippen LogP contribution in [-0.2, 0) is 13.1 Å². The number of aryl methyl sites for hydroxylation is 1. The fourth-order valence-corrected chi connectivity index (χ4v) is 3.66. The van der Waals surface area contributed by atoms with Crippen LogP contribution < -0.4 is 5.32 Å². The van der Waals surface area contributed by atoms with Gasteiger partial charge in [0.05, 0.1) is 6.04 Å². The second-order valence-electron chi connectivity index (χ2n) is 7.20. The Morgan fingerprint density at radius 1 is 1.07 bits per heavy atom. The summed E-state index contributed by atoms with van der Waals surface area (Å²) in [6, 6.07) is 21.1. The van der Waals surface area contributed by atoms with E-state index in [2.05, 4.69) is 5.32 Å². The molecule has 1 aliphatic heterocycles. The van der Waals surface area contributed by atoms with Gasteiger partial charge in [0.25, 0.3) is 11.8 Å². The molecule has 1 unspecified atom stereocenters. The smallest absolute Gasteiger partial charge is 0.271 e. The quantitative estimate of drug-likeness (QED) is 0.746. The molecule has 2 heterocycles. The van der Waals surface area contributed by atoms with Gasteiger partial charge in [-0.2, -0.15) is 0 Å². The number of rotatable bonds is 5. The Balaban J connectivity index is 1.52. The fraction of sp³-hybridized carbons (Fsp3) is 0.217. The molecule has 0 saturated carbocycles. The molecule has 0 aliphatic carbocycles. The molecule has 0 fully saturated rings. The predicted molar refractivity (Wildman–Crippen MR) is 108 cm³/mol. The summed E-state index contributed by atoms with van der Waals surface area (Å²) in [5.41, 5.74) is 3.45. The number of benzene rings is 2. The molecule has 2 amide bonds. The number of carbonyl (C=O) groups is 2. The molecule has 142 valence electrons. The number of hydrogen-bond acceptors (Lipinski definition) is 2. The third-order valence-corrected chi connectivity index (χ3v) is 5.13. The molecular weight excluding hydrogens is 350 g/mol. The van der Waals surface area contributed by atoms with E-state index < -0.39 is 0 Å². The number of nitrogens with zero attached hydrogens (tertiary/aromatic N) is 2. The predicted octanol–water partition coefficient (Wildman–Crippen LogP) is 3.25. The van der Waals surface area contributed by atoms with E-state index in [9.17, 15) is 9.59 Å². The van der Waals surface area contributed by atoms with E-state index in [0.29, 0.717) is 30.9 Å². The van der Waals surface area contributed by atoms with Gasteiger partial charge in [-0.05, 0) is 36.8 Å². The lowest BCUT2D eigenvalue weighted by atomic mass is 10.1. The van der Waals surface area contributed by atoms with E-state index in [0.717, 1.165) is 11.1 Å². The molecular formula is C23H23N3O2. The van der Waals surface area contributed by atoms with Crippen LogP contribution in [0.2, 0.25) is 0 Å². The summed E-state index contributed by atoms with van der Waals surface area (Å²) in [4.78, 5) is 27.5. The zero-order valence-electron chi connectivity index (χ0n) is 15.8. The van der Waals surface area contributed by atoms with Crippen LogP contribution in [0.3, 0.4) is 0 Å². The van der Waals surface area contributed by atoms with E-state index in [1.54, 1.807) is 6.07 Å². The maximum absolute atomic E-state index is 13.0. The number of fused-ring (bicyclic) bond motifs is 1. The van der Waals surface area contributed by atoms with Crippen molar-refractivity contribution in [3.63, 3.8) is 0 Å². The minimum Gasteiger partial charge on any atom is -0.350 e. The van der Waals surface area contributed by atoms with Crippen LogP contribution >= 0.6 is 0 Å². The van der Waals surface area contributed by atoms with Gasteiger partial charge >= 0.3 is 0 Å². The molecule has 5 heteroatoms. The number of hydrogen-bond donors (Lipinski definition) is 1. The van der Waals surface area contributed by atoms with Crippen molar-refractivity contribution in [1.82, 2.24) is 14.8 Å². The number of nitrogens with one attached hydrogen (secondary N) is 1. The zero-order valence-corrected chi connectivity index (χ0v) is 15.8. The lowest BCUT2D eigenvalue weighted by Crippen LogP contribution is -2.52. The van der Waals surface area contributed by atoms with Crippen molar-refractivity contribution in [3.05, 3.63) is 95.3 Å². The van der Waals surface area contributed by atoms with E-state index in [4.69, 9.17) is 0 Å². The lowest BCUT2D eigenvalue weighted by Gasteiger charge is -2.37. The van der Waals surface area contributed by atoms with E-state index in [1.165, 1.54) is 0 Å². The molecule has 0 saturated heterocycles. The Kier molecular flexibility index (Phi) is 4.98. The van der Waals surface area contributed by atoms with Gasteiger partial charge in [0.15, 0.2) is 0 Å². The van der Waals surface area contributed by atoms with Gasteiger partial charge in [-0.25, -0.2) is 0 Å².